The van der Waals surface area contributed by atoms with Crippen LogP contribution in [0.3, 0.4) is 0 Å². The fourth-order valence-corrected chi connectivity index (χ4v) is 3.75. The molecular weight excluding hydrogens is 413 g/mol. The molecule has 182 valence electrons. The van der Waals surface area contributed by atoms with Gasteiger partial charge in [-0.1, -0.05) is 115 Å². The zero-order chi connectivity index (χ0) is 23.5. The SMILES string of the molecule is CCCCCCCCCCCCCCCCCC(=O)N/N=C/c1ccccc1C(F)(F)F. The van der Waals surface area contributed by atoms with Crippen LogP contribution in [0.2, 0.25) is 0 Å². The van der Waals surface area contributed by atoms with Gasteiger partial charge in [0.05, 0.1) is 11.8 Å². The normalized spacial score (nSPS) is 11.9. The fourth-order valence-electron chi connectivity index (χ4n) is 3.75. The summed E-state index contributed by atoms with van der Waals surface area (Å²) in [5.41, 5.74) is 1.50. The first kappa shape index (κ1) is 28.2. The molecular formula is C26H41F3N2O. The van der Waals surface area contributed by atoms with E-state index in [-0.39, 0.29) is 11.5 Å². The second-order valence-corrected chi connectivity index (χ2v) is 8.58. The molecule has 0 aromatic heterocycles. The van der Waals surface area contributed by atoms with Gasteiger partial charge >= 0.3 is 6.18 Å². The minimum Gasteiger partial charge on any atom is -0.273 e. The highest BCUT2D eigenvalue weighted by molar-refractivity contribution is 5.84. The maximum absolute atomic E-state index is 12.9. The molecule has 0 saturated heterocycles. The van der Waals surface area contributed by atoms with E-state index in [0.717, 1.165) is 31.5 Å². The van der Waals surface area contributed by atoms with Gasteiger partial charge in [0.1, 0.15) is 0 Å². The number of nitrogens with one attached hydrogen (secondary N) is 1. The first-order chi connectivity index (χ1) is 15.4. The number of benzene rings is 1. The van der Waals surface area contributed by atoms with Crippen LogP contribution in [-0.2, 0) is 11.0 Å². The summed E-state index contributed by atoms with van der Waals surface area (Å²) < 4.78 is 38.8. The molecule has 1 amide bonds. The minimum atomic E-state index is -4.44. The summed E-state index contributed by atoms with van der Waals surface area (Å²) in [5, 5.41) is 3.68. The molecule has 0 bridgehead atoms. The maximum Gasteiger partial charge on any atom is 0.417 e. The topological polar surface area (TPSA) is 41.5 Å². The average molecular weight is 455 g/mol. The first-order valence-corrected chi connectivity index (χ1v) is 12.4. The van der Waals surface area contributed by atoms with E-state index in [1.807, 2.05) is 0 Å². The molecule has 0 unspecified atom stereocenters. The third-order valence-electron chi connectivity index (χ3n) is 5.67. The molecule has 32 heavy (non-hydrogen) atoms. The van der Waals surface area contributed by atoms with Crippen LogP contribution >= 0.6 is 0 Å². The van der Waals surface area contributed by atoms with Crippen molar-refractivity contribution in [1.82, 2.24) is 5.43 Å². The van der Waals surface area contributed by atoms with E-state index in [1.165, 1.54) is 95.2 Å². The van der Waals surface area contributed by atoms with Crippen molar-refractivity contribution in [3.8, 4) is 0 Å². The van der Waals surface area contributed by atoms with Crippen LogP contribution in [-0.4, -0.2) is 12.1 Å². The minimum absolute atomic E-state index is 0.0627. The monoisotopic (exact) mass is 454 g/mol. The summed E-state index contributed by atoms with van der Waals surface area (Å²) in [7, 11) is 0. The highest BCUT2D eigenvalue weighted by Gasteiger charge is 2.32. The fraction of sp³-hybridized carbons (Fsp3) is 0.692. The quantitative estimate of drug-likeness (QED) is 0.135. The lowest BCUT2D eigenvalue weighted by atomic mass is 10.0. The van der Waals surface area contributed by atoms with Gasteiger partial charge in [-0.3, -0.25) is 4.79 Å². The summed E-state index contributed by atoms with van der Waals surface area (Å²) in [6, 6.07) is 5.16. The number of alkyl halides is 3. The molecule has 0 aliphatic carbocycles. The molecule has 6 heteroatoms. The van der Waals surface area contributed by atoms with E-state index in [0.29, 0.717) is 6.42 Å². The van der Waals surface area contributed by atoms with Crippen molar-refractivity contribution in [3.05, 3.63) is 35.4 Å². The van der Waals surface area contributed by atoms with Crippen molar-refractivity contribution < 1.29 is 18.0 Å². The molecule has 3 nitrogen and oxygen atoms in total. The Kier molecular flexibility index (Phi) is 15.6. The highest BCUT2D eigenvalue weighted by Crippen LogP contribution is 2.31. The van der Waals surface area contributed by atoms with Gasteiger partial charge in [-0.2, -0.15) is 18.3 Å². The number of nitrogens with zero attached hydrogens (tertiary/aromatic N) is 1. The Morgan fingerprint density at radius 1 is 0.812 bits per heavy atom. The number of carbonyl (C=O) groups is 1. The van der Waals surface area contributed by atoms with Crippen molar-refractivity contribution >= 4 is 12.1 Å². The molecule has 1 N–H and O–H groups in total. The van der Waals surface area contributed by atoms with E-state index in [2.05, 4.69) is 17.5 Å². The molecule has 0 aliphatic rings. The van der Waals surface area contributed by atoms with Crippen LogP contribution in [0.1, 0.15) is 121 Å². The van der Waals surface area contributed by atoms with Crippen LogP contribution in [0, 0.1) is 0 Å². The Balaban J connectivity index is 1.98. The molecule has 1 rings (SSSR count). The van der Waals surface area contributed by atoms with E-state index in [4.69, 9.17) is 0 Å². The van der Waals surface area contributed by atoms with Crippen LogP contribution < -0.4 is 5.43 Å². The van der Waals surface area contributed by atoms with Crippen molar-refractivity contribution in [2.24, 2.45) is 5.10 Å². The summed E-state index contributed by atoms with van der Waals surface area (Å²) in [6.07, 6.45) is 15.9. The lowest BCUT2D eigenvalue weighted by Crippen LogP contribution is -2.17. The number of halogens is 3. The van der Waals surface area contributed by atoms with E-state index < -0.39 is 11.7 Å². The molecule has 0 atom stereocenters. The zero-order valence-corrected chi connectivity index (χ0v) is 19.7. The van der Waals surface area contributed by atoms with Crippen molar-refractivity contribution in [3.63, 3.8) is 0 Å². The number of unbranched alkanes of at least 4 members (excludes halogenated alkanes) is 14. The van der Waals surface area contributed by atoms with Crippen LogP contribution in [0.5, 0.6) is 0 Å². The van der Waals surface area contributed by atoms with Crippen LogP contribution in [0.15, 0.2) is 29.4 Å². The number of amides is 1. The lowest BCUT2D eigenvalue weighted by molar-refractivity contribution is -0.137. The van der Waals surface area contributed by atoms with Gasteiger partial charge in [-0.15, -0.1) is 0 Å². The van der Waals surface area contributed by atoms with Gasteiger partial charge in [-0.05, 0) is 12.5 Å². The maximum atomic E-state index is 12.9. The second-order valence-electron chi connectivity index (χ2n) is 8.58. The molecule has 0 saturated carbocycles. The van der Waals surface area contributed by atoms with Gasteiger partial charge < -0.3 is 0 Å². The Morgan fingerprint density at radius 2 is 1.28 bits per heavy atom. The van der Waals surface area contributed by atoms with Crippen molar-refractivity contribution in [1.29, 1.82) is 0 Å². The Bertz CT molecular complexity index is 644. The van der Waals surface area contributed by atoms with E-state index in [9.17, 15) is 18.0 Å². The van der Waals surface area contributed by atoms with Gasteiger partial charge in [0, 0.05) is 12.0 Å². The average Bonchev–Trinajstić information content (AvgIpc) is 2.76. The Morgan fingerprint density at radius 3 is 1.78 bits per heavy atom. The van der Waals surface area contributed by atoms with Crippen molar-refractivity contribution in [2.45, 2.75) is 116 Å². The molecule has 0 aliphatic heterocycles. The number of carbonyl (C=O) groups excluding carboxylic acids is 1. The summed E-state index contributed by atoms with van der Waals surface area (Å²) in [5.74, 6) is -0.263. The predicted octanol–water partition coefficient (Wildman–Crippen LogP) is 8.42. The summed E-state index contributed by atoms with van der Waals surface area (Å²) in [6.45, 7) is 2.25. The number of rotatable bonds is 18. The van der Waals surface area contributed by atoms with E-state index >= 15 is 0 Å². The number of hydrogen-bond acceptors (Lipinski definition) is 2. The largest absolute Gasteiger partial charge is 0.417 e. The van der Waals surface area contributed by atoms with Gasteiger partial charge in [0.15, 0.2) is 0 Å². The highest BCUT2D eigenvalue weighted by atomic mass is 19.4. The summed E-state index contributed by atoms with van der Waals surface area (Å²) >= 11 is 0. The van der Waals surface area contributed by atoms with Crippen molar-refractivity contribution in [2.75, 3.05) is 0 Å². The molecule has 0 spiro atoms. The molecule has 0 heterocycles. The van der Waals surface area contributed by atoms with Gasteiger partial charge in [-0.25, -0.2) is 5.43 Å². The Labute approximate surface area is 192 Å². The standard InChI is InChI=1S/C26H41F3N2O/c1-2-3-4-5-6-7-8-9-10-11-12-13-14-15-16-21-25(32)31-30-22-23-19-17-18-20-24(23)26(27,28)29/h17-20,22H,2-16,21H2,1H3,(H,31,32)/b30-22+. The number of hydrazone groups is 1. The Hall–Kier alpha value is -1.85. The third-order valence-corrected chi connectivity index (χ3v) is 5.67. The lowest BCUT2D eigenvalue weighted by Gasteiger charge is -2.09. The van der Waals surface area contributed by atoms with E-state index in [1.54, 1.807) is 0 Å². The molecule has 1 aromatic rings. The van der Waals surface area contributed by atoms with Gasteiger partial charge in [0.25, 0.3) is 0 Å². The smallest absolute Gasteiger partial charge is 0.273 e. The first-order valence-electron chi connectivity index (χ1n) is 12.4. The number of hydrogen-bond donors (Lipinski definition) is 1. The molecule has 1 aromatic carbocycles. The summed E-state index contributed by atoms with van der Waals surface area (Å²) in [4.78, 5) is 11.8. The van der Waals surface area contributed by atoms with Crippen LogP contribution in [0.25, 0.3) is 0 Å². The predicted molar refractivity (Wildman–Crippen MR) is 127 cm³/mol. The second kappa shape index (κ2) is 17.7. The molecule has 0 radical (unpaired) electrons. The third kappa shape index (κ3) is 14.3. The molecule has 0 fully saturated rings. The van der Waals surface area contributed by atoms with Gasteiger partial charge in [0.2, 0.25) is 5.91 Å². The van der Waals surface area contributed by atoms with Crippen LogP contribution in [0.4, 0.5) is 13.2 Å². The zero-order valence-electron chi connectivity index (χ0n) is 19.7.